The van der Waals surface area contributed by atoms with E-state index in [0.29, 0.717) is 24.0 Å². The first-order valence-corrected chi connectivity index (χ1v) is 11.0. The minimum atomic E-state index is -0.492. The minimum absolute atomic E-state index is 0.180. The SMILES string of the molecule is Cc1nn(-c2ccc(F)cc2)c(C)c1C=CC(=O)OCCCCN1C(=O)c2ccccc2C1=O. The van der Waals surface area contributed by atoms with Crippen LogP contribution in [0.4, 0.5) is 4.39 Å². The molecule has 1 aliphatic rings. The number of halogens is 1. The number of carbonyl (C=O) groups is 3. The van der Waals surface area contributed by atoms with Crippen molar-refractivity contribution in [3.63, 3.8) is 0 Å². The van der Waals surface area contributed by atoms with Crippen molar-refractivity contribution >= 4 is 23.9 Å². The topological polar surface area (TPSA) is 81.5 Å². The van der Waals surface area contributed by atoms with E-state index < -0.39 is 5.97 Å². The highest BCUT2D eigenvalue weighted by atomic mass is 19.1. The molecule has 7 nitrogen and oxygen atoms in total. The summed E-state index contributed by atoms with van der Waals surface area (Å²) in [5.74, 6) is -1.38. The number of carbonyl (C=O) groups excluding carboxylic acids is 3. The molecule has 0 spiro atoms. The maximum atomic E-state index is 13.2. The third kappa shape index (κ3) is 4.66. The fourth-order valence-electron chi connectivity index (χ4n) is 3.92. The number of aryl methyl sites for hydroxylation is 1. The molecule has 2 aromatic carbocycles. The van der Waals surface area contributed by atoms with Gasteiger partial charge in [-0.05, 0) is 69.2 Å². The summed E-state index contributed by atoms with van der Waals surface area (Å²) in [6, 6.07) is 12.8. The Morgan fingerprint density at radius 1 is 1.00 bits per heavy atom. The first kappa shape index (κ1) is 23.1. The van der Waals surface area contributed by atoms with E-state index in [2.05, 4.69) is 5.10 Å². The molecular formula is C26H24FN3O4. The molecule has 0 saturated heterocycles. The lowest BCUT2D eigenvalue weighted by molar-refractivity contribution is -0.137. The van der Waals surface area contributed by atoms with Crippen LogP contribution >= 0.6 is 0 Å². The van der Waals surface area contributed by atoms with Crippen molar-refractivity contribution in [3.05, 3.63) is 88.5 Å². The van der Waals surface area contributed by atoms with Gasteiger partial charge >= 0.3 is 5.97 Å². The van der Waals surface area contributed by atoms with Crippen LogP contribution in [0.25, 0.3) is 11.8 Å². The van der Waals surface area contributed by atoms with Crippen molar-refractivity contribution in [2.24, 2.45) is 0 Å². The van der Waals surface area contributed by atoms with Gasteiger partial charge in [-0.3, -0.25) is 14.5 Å². The van der Waals surface area contributed by atoms with Crippen molar-refractivity contribution in [1.29, 1.82) is 0 Å². The lowest BCUT2D eigenvalue weighted by Crippen LogP contribution is -2.30. The number of esters is 1. The highest BCUT2D eigenvalue weighted by Crippen LogP contribution is 2.23. The summed E-state index contributed by atoms with van der Waals surface area (Å²) in [4.78, 5) is 38.1. The third-order valence-electron chi connectivity index (χ3n) is 5.70. The molecule has 4 rings (SSSR count). The molecule has 1 aromatic heterocycles. The van der Waals surface area contributed by atoms with Crippen LogP contribution in [-0.2, 0) is 9.53 Å². The Morgan fingerprint density at radius 3 is 2.29 bits per heavy atom. The number of amides is 2. The standard InChI is InChI=1S/C26H24FN3O4/c1-17-21(18(2)30(28-17)20-11-9-19(27)10-12-20)13-14-24(31)34-16-6-5-15-29-25(32)22-7-3-4-8-23(22)26(29)33/h3-4,7-14H,5-6,15-16H2,1-2H3. The predicted molar refractivity (Wildman–Crippen MR) is 124 cm³/mol. The first-order valence-electron chi connectivity index (χ1n) is 11.0. The lowest BCUT2D eigenvalue weighted by atomic mass is 10.1. The number of hydrogen-bond acceptors (Lipinski definition) is 5. The van der Waals surface area contributed by atoms with Crippen LogP contribution < -0.4 is 0 Å². The van der Waals surface area contributed by atoms with Crippen molar-refractivity contribution in [2.75, 3.05) is 13.2 Å². The second kappa shape index (κ2) is 9.82. The van der Waals surface area contributed by atoms with Crippen molar-refractivity contribution in [2.45, 2.75) is 26.7 Å². The summed E-state index contributed by atoms with van der Waals surface area (Å²) in [5, 5.41) is 4.47. The quantitative estimate of drug-likeness (QED) is 0.217. The summed E-state index contributed by atoms with van der Waals surface area (Å²) >= 11 is 0. The Balaban J connectivity index is 1.26. The summed E-state index contributed by atoms with van der Waals surface area (Å²) in [6.45, 7) is 4.16. The third-order valence-corrected chi connectivity index (χ3v) is 5.70. The number of hydrogen-bond donors (Lipinski definition) is 0. The predicted octanol–water partition coefficient (Wildman–Crippen LogP) is 4.26. The molecule has 0 unspecified atom stereocenters. The maximum absolute atomic E-state index is 13.2. The zero-order valence-electron chi connectivity index (χ0n) is 19.0. The zero-order valence-corrected chi connectivity index (χ0v) is 19.0. The average molecular weight is 461 g/mol. The highest BCUT2D eigenvalue weighted by molar-refractivity contribution is 6.21. The smallest absolute Gasteiger partial charge is 0.330 e. The zero-order chi connectivity index (χ0) is 24.2. The molecule has 2 amide bonds. The van der Waals surface area contributed by atoms with Crippen LogP contribution in [0.3, 0.4) is 0 Å². The molecule has 3 aromatic rings. The molecule has 0 radical (unpaired) electrons. The Kier molecular flexibility index (Phi) is 6.67. The van der Waals surface area contributed by atoms with Gasteiger partial charge in [-0.15, -0.1) is 0 Å². The summed E-state index contributed by atoms with van der Waals surface area (Å²) in [7, 11) is 0. The molecule has 34 heavy (non-hydrogen) atoms. The van der Waals surface area contributed by atoms with Gasteiger partial charge in [-0.1, -0.05) is 12.1 Å². The van der Waals surface area contributed by atoms with Gasteiger partial charge in [-0.25, -0.2) is 13.9 Å². The average Bonchev–Trinajstić information content (AvgIpc) is 3.25. The molecule has 8 heteroatoms. The van der Waals surface area contributed by atoms with Crippen LogP contribution in [0.2, 0.25) is 0 Å². The van der Waals surface area contributed by atoms with Crippen molar-refractivity contribution < 1.29 is 23.5 Å². The number of aromatic nitrogens is 2. The van der Waals surface area contributed by atoms with E-state index in [0.717, 1.165) is 22.6 Å². The molecule has 174 valence electrons. The largest absolute Gasteiger partial charge is 0.463 e. The maximum Gasteiger partial charge on any atom is 0.330 e. The first-order chi connectivity index (χ1) is 16.4. The summed E-state index contributed by atoms with van der Waals surface area (Å²) < 4.78 is 20.1. The van der Waals surface area contributed by atoms with E-state index in [1.54, 1.807) is 47.2 Å². The van der Waals surface area contributed by atoms with Crippen LogP contribution in [0.5, 0.6) is 0 Å². The second-order valence-corrected chi connectivity index (χ2v) is 7.99. The number of benzene rings is 2. The fourth-order valence-corrected chi connectivity index (χ4v) is 3.92. The molecular weight excluding hydrogens is 437 g/mol. The van der Waals surface area contributed by atoms with Crippen LogP contribution in [-0.4, -0.2) is 45.6 Å². The van der Waals surface area contributed by atoms with Gasteiger partial charge in [0.2, 0.25) is 0 Å². The molecule has 0 fully saturated rings. The monoisotopic (exact) mass is 461 g/mol. The second-order valence-electron chi connectivity index (χ2n) is 7.99. The van der Waals surface area contributed by atoms with E-state index >= 15 is 0 Å². The van der Waals surface area contributed by atoms with Crippen molar-refractivity contribution in [3.8, 4) is 5.69 Å². The minimum Gasteiger partial charge on any atom is -0.463 e. The molecule has 0 atom stereocenters. The van der Waals surface area contributed by atoms with Gasteiger partial charge in [0.05, 0.1) is 29.1 Å². The van der Waals surface area contributed by atoms with Gasteiger partial charge < -0.3 is 4.74 Å². The number of rotatable bonds is 8. The number of unbranched alkanes of at least 4 members (excludes halogenated alkanes) is 1. The highest BCUT2D eigenvalue weighted by Gasteiger charge is 2.34. The van der Waals surface area contributed by atoms with E-state index in [1.165, 1.54) is 23.1 Å². The Bertz CT molecular complexity index is 1240. The van der Waals surface area contributed by atoms with Crippen LogP contribution in [0, 0.1) is 19.7 Å². The molecule has 0 saturated carbocycles. The van der Waals surface area contributed by atoms with Crippen LogP contribution in [0.1, 0.15) is 50.5 Å². The number of nitrogens with zero attached hydrogens (tertiary/aromatic N) is 3. The molecule has 0 N–H and O–H groups in total. The van der Waals surface area contributed by atoms with E-state index in [9.17, 15) is 18.8 Å². The number of fused-ring (bicyclic) bond motifs is 1. The summed E-state index contributed by atoms with van der Waals surface area (Å²) in [6.07, 6.45) is 4.05. The van der Waals surface area contributed by atoms with Gasteiger partial charge in [0, 0.05) is 23.9 Å². The molecule has 1 aliphatic heterocycles. The Morgan fingerprint density at radius 2 is 1.65 bits per heavy atom. The van der Waals surface area contributed by atoms with Gasteiger partial charge in [0.15, 0.2) is 0 Å². The van der Waals surface area contributed by atoms with E-state index in [-0.39, 0.29) is 30.8 Å². The number of ether oxygens (including phenoxy) is 1. The van der Waals surface area contributed by atoms with Crippen molar-refractivity contribution in [1.82, 2.24) is 14.7 Å². The van der Waals surface area contributed by atoms with E-state index in [4.69, 9.17) is 4.74 Å². The normalized spacial score (nSPS) is 13.1. The lowest BCUT2D eigenvalue weighted by Gasteiger charge is -2.13. The molecule has 0 bridgehead atoms. The van der Waals surface area contributed by atoms with E-state index in [1.807, 2.05) is 13.8 Å². The molecule has 0 aliphatic carbocycles. The van der Waals surface area contributed by atoms with Gasteiger partial charge in [0.1, 0.15) is 5.82 Å². The Hall–Kier alpha value is -4.07. The Labute approximate surface area is 196 Å². The van der Waals surface area contributed by atoms with Gasteiger partial charge in [-0.2, -0.15) is 5.10 Å². The van der Waals surface area contributed by atoms with Gasteiger partial charge in [0.25, 0.3) is 11.8 Å². The summed E-state index contributed by atoms with van der Waals surface area (Å²) in [5.41, 5.74) is 3.91. The van der Waals surface area contributed by atoms with Crippen LogP contribution in [0.15, 0.2) is 54.6 Å². The molecule has 2 heterocycles. The fraction of sp³-hybridized carbons (Fsp3) is 0.231. The number of imide groups is 1.